The molecule has 0 radical (unpaired) electrons. The van der Waals surface area contributed by atoms with E-state index >= 15 is 0 Å². The lowest BCUT2D eigenvalue weighted by atomic mass is 10.2. The van der Waals surface area contributed by atoms with Crippen LogP contribution >= 0.6 is 11.3 Å². The summed E-state index contributed by atoms with van der Waals surface area (Å²) in [5, 5.41) is 9.21. The number of aromatic nitrogens is 3. The molecule has 0 unspecified atom stereocenters. The first-order valence-electron chi connectivity index (χ1n) is 6.00. The van der Waals surface area contributed by atoms with E-state index in [9.17, 15) is 0 Å². The maximum atomic E-state index is 5.29. The molecular formula is C14H13N3O2S. The molecule has 5 nitrogen and oxygen atoms in total. The summed E-state index contributed by atoms with van der Waals surface area (Å²) in [6, 6.07) is 9.60. The third-order valence-electron chi connectivity index (χ3n) is 2.88. The van der Waals surface area contributed by atoms with E-state index in [2.05, 4.69) is 15.2 Å². The Kier molecular flexibility index (Phi) is 3.39. The van der Waals surface area contributed by atoms with E-state index < -0.39 is 0 Å². The molecule has 0 aliphatic rings. The molecule has 2 aromatic heterocycles. The minimum absolute atomic E-state index is 0.634. The maximum Gasteiger partial charge on any atom is 0.181 e. The zero-order valence-electron chi connectivity index (χ0n) is 11.1. The molecule has 0 saturated heterocycles. The second-order valence-electron chi connectivity index (χ2n) is 4.05. The number of benzene rings is 1. The fraction of sp³-hybridized carbons (Fsp3) is 0.143. The second kappa shape index (κ2) is 5.34. The molecule has 2 heterocycles. The Balaban J connectivity index is 1.97. The Bertz CT molecular complexity index is 707. The summed E-state index contributed by atoms with van der Waals surface area (Å²) >= 11 is 1.62. The van der Waals surface area contributed by atoms with Crippen LogP contribution < -0.4 is 9.47 Å². The number of nitrogens with zero attached hydrogens (tertiary/aromatic N) is 2. The summed E-state index contributed by atoms with van der Waals surface area (Å²) in [7, 11) is 3.22. The van der Waals surface area contributed by atoms with Gasteiger partial charge in [0.2, 0.25) is 0 Å². The van der Waals surface area contributed by atoms with E-state index in [-0.39, 0.29) is 0 Å². The van der Waals surface area contributed by atoms with Gasteiger partial charge in [0.1, 0.15) is 0 Å². The number of aromatic amines is 1. The highest BCUT2D eigenvalue weighted by Crippen LogP contribution is 2.31. The number of H-pyrrole nitrogens is 1. The van der Waals surface area contributed by atoms with E-state index in [4.69, 9.17) is 9.47 Å². The Morgan fingerprint density at radius 2 is 1.95 bits per heavy atom. The minimum Gasteiger partial charge on any atom is -0.493 e. The van der Waals surface area contributed by atoms with Gasteiger partial charge in [0.05, 0.1) is 19.1 Å². The number of thiophene rings is 1. The van der Waals surface area contributed by atoms with Gasteiger partial charge in [-0.1, -0.05) is 6.07 Å². The van der Waals surface area contributed by atoms with Gasteiger partial charge in [-0.15, -0.1) is 11.3 Å². The molecule has 0 atom stereocenters. The van der Waals surface area contributed by atoms with Crippen molar-refractivity contribution >= 4 is 11.3 Å². The Morgan fingerprint density at radius 1 is 1.10 bits per heavy atom. The van der Waals surface area contributed by atoms with Crippen LogP contribution in [0.15, 0.2) is 35.7 Å². The van der Waals surface area contributed by atoms with Gasteiger partial charge in [0.15, 0.2) is 23.1 Å². The van der Waals surface area contributed by atoms with Crippen LogP contribution in [0.25, 0.3) is 22.1 Å². The average molecular weight is 287 g/mol. The van der Waals surface area contributed by atoms with Gasteiger partial charge in [-0.05, 0) is 29.6 Å². The van der Waals surface area contributed by atoms with E-state index in [1.54, 1.807) is 25.6 Å². The molecule has 6 heteroatoms. The standard InChI is InChI=1S/C14H13N3O2S/c1-18-10-6-5-9(8-11(10)19-2)13-15-14(17-16-13)12-4-3-7-20-12/h3-8H,1-2H3,(H,15,16,17). The van der Waals surface area contributed by atoms with Crippen LogP contribution in [0, 0.1) is 0 Å². The SMILES string of the molecule is COc1ccc(-c2n[nH]c(-c3cccs3)n2)cc1OC. The third-order valence-corrected chi connectivity index (χ3v) is 3.76. The molecule has 0 aliphatic heterocycles. The van der Waals surface area contributed by atoms with Crippen molar-refractivity contribution in [3.8, 4) is 33.6 Å². The molecule has 3 rings (SSSR count). The predicted octanol–water partition coefficient (Wildman–Crippen LogP) is 3.22. The van der Waals surface area contributed by atoms with E-state index in [1.165, 1.54) is 0 Å². The number of hydrogen-bond acceptors (Lipinski definition) is 5. The van der Waals surface area contributed by atoms with Crippen molar-refractivity contribution in [3.63, 3.8) is 0 Å². The van der Waals surface area contributed by atoms with Crippen LogP contribution in [-0.2, 0) is 0 Å². The van der Waals surface area contributed by atoms with Crippen molar-refractivity contribution in [3.05, 3.63) is 35.7 Å². The molecule has 1 aromatic carbocycles. The largest absolute Gasteiger partial charge is 0.493 e. The third kappa shape index (κ3) is 2.25. The van der Waals surface area contributed by atoms with Gasteiger partial charge in [-0.25, -0.2) is 4.98 Å². The molecule has 0 bridgehead atoms. The molecule has 20 heavy (non-hydrogen) atoms. The molecule has 102 valence electrons. The lowest BCUT2D eigenvalue weighted by Gasteiger charge is -2.07. The van der Waals surface area contributed by atoms with Crippen molar-refractivity contribution in [2.45, 2.75) is 0 Å². The monoisotopic (exact) mass is 287 g/mol. The lowest BCUT2D eigenvalue weighted by Crippen LogP contribution is -1.91. The summed E-state index contributed by atoms with van der Waals surface area (Å²) in [6.07, 6.45) is 0. The summed E-state index contributed by atoms with van der Waals surface area (Å²) in [5.41, 5.74) is 0.877. The van der Waals surface area contributed by atoms with Gasteiger partial charge in [-0.3, -0.25) is 5.10 Å². The quantitative estimate of drug-likeness (QED) is 0.800. The van der Waals surface area contributed by atoms with Crippen LogP contribution in [0.4, 0.5) is 0 Å². The first kappa shape index (κ1) is 12.7. The minimum atomic E-state index is 0.634. The van der Waals surface area contributed by atoms with Crippen molar-refractivity contribution in [1.29, 1.82) is 0 Å². The maximum absolute atomic E-state index is 5.29. The smallest absolute Gasteiger partial charge is 0.181 e. The van der Waals surface area contributed by atoms with Crippen molar-refractivity contribution in [1.82, 2.24) is 15.2 Å². The molecule has 0 saturated carbocycles. The fourth-order valence-corrected chi connectivity index (χ4v) is 2.55. The van der Waals surface area contributed by atoms with Gasteiger partial charge in [0, 0.05) is 5.56 Å². The van der Waals surface area contributed by atoms with Crippen LogP contribution in [0.5, 0.6) is 11.5 Å². The Morgan fingerprint density at radius 3 is 2.65 bits per heavy atom. The van der Waals surface area contributed by atoms with Gasteiger partial charge in [0.25, 0.3) is 0 Å². The highest BCUT2D eigenvalue weighted by molar-refractivity contribution is 7.13. The Labute approximate surface area is 120 Å². The lowest BCUT2D eigenvalue weighted by molar-refractivity contribution is 0.355. The molecule has 0 amide bonds. The van der Waals surface area contributed by atoms with Crippen LogP contribution in [0.2, 0.25) is 0 Å². The molecule has 1 N–H and O–H groups in total. The number of hydrogen-bond donors (Lipinski definition) is 1. The summed E-state index contributed by atoms with van der Waals surface area (Å²) in [4.78, 5) is 5.56. The van der Waals surface area contributed by atoms with Crippen molar-refractivity contribution in [2.24, 2.45) is 0 Å². The normalized spacial score (nSPS) is 10.5. The van der Waals surface area contributed by atoms with Crippen molar-refractivity contribution in [2.75, 3.05) is 14.2 Å². The van der Waals surface area contributed by atoms with E-state index in [0.717, 1.165) is 16.3 Å². The van der Waals surface area contributed by atoms with E-state index in [0.29, 0.717) is 17.3 Å². The van der Waals surface area contributed by atoms with Crippen LogP contribution in [0.3, 0.4) is 0 Å². The molecule has 0 spiro atoms. The van der Waals surface area contributed by atoms with Crippen LogP contribution in [-0.4, -0.2) is 29.4 Å². The average Bonchev–Trinajstić information content (AvgIpc) is 3.16. The summed E-state index contributed by atoms with van der Waals surface area (Å²) in [6.45, 7) is 0. The topological polar surface area (TPSA) is 60.0 Å². The van der Waals surface area contributed by atoms with Gasteiger partial charge in [-0.2, -0.15) is 5.10 Å². The summed E-state index contributed by atoms with van der Waals surface area (Å²) < 4.78 is 10.5. The fourth-order valence-electron chi connectivity index (χ4n) is 1.89. The number of methoxy groups -OCH3 is 2. The summed E-state index contributed by atoms with van der Waals surface area (Å²) in [5.74, 6) is 2.75. The highest BCUT2D eigenvalue weighted by atomic mass is 32.1. The number of ether oxygens (including phenoxy) is 2. The van der Waals surface area contributed by atoms with Gasteiger partial charge >= 0.3 is 0 Å². The molecule has 0 fully saturated rings. The second-order valence-corrected chi connectivity index (χ2v) is 5.00. The van der Waals surface area contributed by atoms with E-state index in [1.807, 2.05) is 35.7 Å². The van der Waals surface area contributed by atoms with Gasteiger partial charge < -0.3 is 9.47 Å². The Hall–Kier alpha value is -2.34. The number of rotatable bonds is 4. The van der Waals surface area contributed by atoms with Crippen LogP contribution in [0.1, 0.15) is 0 Å². The molecular weight excluding hydrogens is 274 g/mol. The number of nitrogens with one attached hydrogen (secondary N) is 1. The highest BCUT2D eigenvalue weighted by Gasteiger charge is 2.11. The molecule has 0 aliphatic carbocycles. The molecule has 3 aromatic rings. The predicted molar refractivity (Wildman–Crippen MR) is 78.2 cm³/mol. The first-order chi connectivity index (χ1) is 9.81. The van der Waals surface area contributed by atoms with Crippen molar-refractivity contribution < 1.29 is 9.47 Å². The first-order valence-corrected chi connectivity index (χ1v) is 6.88. The zero-order chi connectivity index (χ0) is 13.9. The zero-order valence-corrected chi connectivity index (χ0v) is 11.9.